The first-order valence-corrected chi connectivity index (χ1v) is 10.3. The molecule has 27 heavy (non-hydrogen) atoms. The number of benzene rings is 1. The number of nitrogens with one attached hydrogen (secondary N) is 2. The Hall–Kier alpha value is -1.96. The van der Waals surface area contributed by atoms with Gasteiger partial charge in [-0.3, -0.25) is 9.78 Å². The van der Waals surface area contributed by atoms with Crippen LogP contribution in [-0.2, 0) is 10.0 Å². The molecule has 2 aromatic rings. The second kappa shape index (κ2) is 7.58. The first-order chi connectivity index (χ1) is 12.3. The third kappa shape index (κ3) is 5.28. The Morgan fingerprint density at radius 1 is 1.11 bits per heavy atom. The predicted octanol–water partition coefficient (Wildman–Crippen LogP) is 3.99. The summed E-state index contributed by atoms with van der Waals surface area (Å²) in [6, 6.07) is 6.03. The van der Waals surface area contributed by atoms with E-state index in [1.807, 2.05) is 19.9 Å². The van der Waals surface area contributed by atoms with E-state index in [2.05, 4.69) is 15.0 Å². The Labute approximate surface area is 165 Å². The number of hydrogen-bond acceptors (Lipinski definition) is 4. The number of amides is 1. The number of halogens is 1. The van der Waals surface area contributed by atoms with E-state index >= 15 is 0 Å². The molecular formula is C19H24ClN3O3S. The van der Waals surface area contributed by atoms with Crippen molar-refractivity contribution < 1.29 is 13.2 Å². The molecule has 0 aliphatic heterocycles. The molecule has 0 saturated carbocycles. The van der Waals surface area contributed by atoms with Crippen molar-refractivity contribution in [3.05, 3.63) is 51.8 Å². The lowest BCUT2D eigenvalue weighted by Gasteiger charge is -2.21. The van der Waals surface area contributed by atoms with Gasteiger partial charge in [0.15, 0.2) is 0 Å². The standard InChI is InChI=1S/C19H24ClN3O3S/c1-11-9-12(2)21-13(3)17(11)22-18(24)14-7-8-15(20)16(10-14)27(25,26)23-19(4,5)6/h7-10,23H,1-6H3,(H,22,24). The molecule has 1 aromatic heterocycles. The van der Waals surface area contributed by atoms with Crippen molar-refractivity contribution in [2.45, 2.75) is 52.0 Å². The van der Waals surface area contributed by atoms with Crippen molar-refractivity contribution in [3.8, 4) is 0 Å². The molecule has 0 unspecified atom stereocenters. The average molecular weight is 410 g/mol. The van der Waals surface area contributed by atoms with Crippen molar-refractivity contribution in [1.29, 1.82) is 0 Å². The highest BCUT2D eigenvalue weighted by Gasteiger charge is 2.25. The van der Waals surface area contributed by atoms with Crippen LogP contribution in [0.5, 0.6) is 0 Å². The molecular weight excluding hydrogens is 386 g/mol. The molecule has 0 aliphatic carbocycles. The van der Waals surface area contributed by atoms with Crippen molar-refractivity contribution in [2.75, 3.05) is 5.32 Å². The van der Waals surface area contributed by atoms with Crippen LogP contribution >= 0.6 is 11.6 Å². The van der Waals surface area contributed by atoms with Gasteiger partial charge in [0.1, 0.15) is 4.90 Å². The molecule has 146 valence electrons. The van der Waals surface area contributed by atoms with E-state index in [1.54, 1.807) is 27.7 Å². The van der Waals surface area contributed by atoms with Gasteiger partial charge in [-0.15, -0.1) is 0 Å². The van der Waals surface area contributed by atoms with Gasteiger partial charge in [-0.1, -0.05) is 11.6 Å². The third-order valence-corrected chi connectivity index (χ3v) is 5.93. The van der Waals surface area contributed by atoms with E-state index in [0.29, 0.717) is 11.4 Å². The number of aryl methyl sites for hydroxylation is 3. The van der Waals surface area contributed by atoms with Crippen LogP contribution in [0.2, 0.25) is 5.02 Å². The van der Waals surface area contributed by atoms with Gasteiger partial charge in [-0.05, 0) is 71.4 Å². The highest BCUT2D eigenvalue weighted by molar-refractivity contribution is 7.89. The number of nitrogens with zero attached hydrogens (tertiary/aromatic N) is 1. The third-order valence-electron chi connectivity index (χ3n) is 3.69. The second-order valence-electron chi connectivity index (χ2n) is 7.50. The smallest absolute Gasteiger partial charge is 0.255 e. The maximum atomic E-state index is 12.7. The molecule has 1 aromatic carbocycles. The van der Waals surface area contributed by atoms with E-state index in [-0.39, 0.29) is 15.5 Å². The lowest BCUT2D eigenvalue weighted by atomic mass is 10.1. The molecule has 0 bridgehead atoms. The van der Waals surface area contributed by atoms with Crippen molar-refractivity contribution >= 4 is 33.2 Å². The van der Waals surface area contributed by atoms with Gasteiger partial charge in [0, 0.05) is 16.8 Å². The summed E-state index contributed by atoms with van der Waals surface area (Å²) in [4.78, 5) is 16.9. The molecule has 0 saturated heterocycles. The minimum Gasteiger partial charge on any atom is -0.320 e. The van der Waals surface area contributed by atoms with Gasteiger partial charge in [-0.25, -0.2) is 13.1 Å². The van der Waals surface area contributed by atoms with Gasteiger partial charge >= 0.3 is 0 Å². The molecule has 0 spiro atoms. The first kappa shape index (κ1) is 21.3. The molecule has 6 nitrogen and oxygen atoms in total. The van der Waals surface area contributed by atoms with Gasteiger partial charge in [0.25, 0.3) is 5.91 Å². The number of aromatic nitrogens is 1. The molecule has 8 heteroatoms. The number of rotatable bonds is 4. The fourth-order valence-corrected chi connectivity index (χ4v) is 4.65. The molecule has 0 radical (unpaired) electrons. The Morgan fingerprint density at radius 3 is 2.30 bits per heavy atom. The van der Waals surface area contributed by atoms with Crippen LogP contribution in [-0.4, -0.2) is 24.8 Å². The van der Waals surface area contributed by atoms with E-state index in [1.165, 1.54) is 18.2 Å². The monoisotopic (exact) mass is 409 g/mol. The summed E-state index contributed by atoms with van der Waals surface area (Å²) >= 11 is 6.08. The van der Waals surface area contributed by atoms with Crippen LogP contribution in [0, 0.1) is 20.8 Å². The molecule has 1 amide bonds. The highest BCUT2D eigenvalue weighted by Crippen LogP contribution is 2.25. The van der Waals surface area contributed by atoms with E-state index in [0.717, 1.165) is 11.3 Å². The fourth-order valence-electron chi connectivity index (χ4n) is 2.71. The van der Waals surface area contributed by atoms with Crippen molar-refractivity contribution in [1.82, 2.24) is 9.71 Å². The Morgan fingerprint density at radius 2 is 1.74 bits per heavy atom. The van der Waals surface area contributed by atoms with Crippen LogP contribution in [0.15, 0.2) is 29.2 Å². The normalized spacial score (nSPS) is 12.1. The molecule has 0 atom stereocenters. The Balaban J connectivity index is 2.40. The maximum absolute atomic E-state index is 12.7. The Kier molecular flexibility index (Phi) is 5.99. The van der Waals surface area contributed by atoms with Crippen molar-refractivity contribution in [3.63, 3.8) is 0 Å². The zero-order chi connectivity index (χ0) is 20.6. The summed E-state index contributed by atoms with van der Waals surface area (Å²) in [6.07, 6.45) is 0. The average Bonchev–Trinajstić information content (AvgIpc) is 2.48. The summed E-state index contributed by atoms with van der Waals surface area (Å²) in [5, 5.41) is 2.86. The number of pyridine rings is 1. The number of hydrogen-bond donors (Lipinski definition) is 2. The van der Waals surface area contributed by atoms with E-state index in [4.69, 9.17) is 11.6 Å². The molecule has 2 rings (SSSR count). The topological polar surface area (TPSA) is 88.2 Å². The minimum absolute atomic E-state index is 0.0488. The number of carbonyl (C=O) groups is 1. The maximum Gasteiger partial charge on any atom is 0.255 e. The van der Waals surface area contributed by atoms with Crippen molar-refractivity contribution in [2.24, 2.45) is 0 Å². The lowest BCUT2D eigenvalue weighted by Crippen LogP contribution is -2.40. The quantitative estimate of drug-likeness (QED) is 0.799. The molecule has 1 heterocycles. The summed E-state index contributed by atoms with van der Waals surface area (Å²) in [6.45, 7) is 10.7. The number of sulfonamides is 1. The SMILES string of the molecule is Cc1cc(C)c(NC(=O)c2ccc(Cl)c(S(=O)(=O)NC(C)(C)C)c2)c(C)n1. The van der Waals surface area contributed by atoms with Crippen LogP contribution in [0.3, 0.4) is 0 Å². The molecule has 0 aliphatic rings. The predicted molar refractivity (Wildman–Crippen MR) is 108 cm³/mol. The number of anilines is 1. The van der Waals surface area contributed by atoms with Crippen LogP contribution < -0.4 is 10.0 Å². The van der Waals surface area contributed by atoms with E-state index in [9.17, 15) is 13.2 Å². The Bertz CT molecular complexity index is 973. The zero-order valence-electron chi connectivity index (χ0n) is 16.3. The van der Waals surface area contributed by atoms with Gasteiger partial charge in [-0.2, -0.15) is 0 Å². The second-order valence-corrected chi connectivity index (χ2v) is 9.55. The zero-order valence-corrected chi connectivity index (χ0v) is 17.8. The van der Waals surface area contributed by atoms with E-state index < -0.39 is 21.5 Å². The highest BCUT2D eigenvalue weighted by atomic mass is 35.5. The van der Waals surface area contributed by atoms with Crippen LogP contribution in [0.4, 0.5) is 5.69 Å². The van der Waals surface area contributed by atoms with Gasteiger partial charge < -0.3 is 5.32 Å². The lowest BCUT2D eigenvalue weighted by molar-refractivity contribution is 0.102. The number of carbonyl (C=O) groups excluding carboxylic acids is 1. The molecule has 2 N–H and O–H groups in total. The summed E-state index contributed by atoms with van der Waals surface area (Å²) in [5.41, 5.74) is 2.55. The minimum atomic E-state index is -3.87. The van der Waals surface area contributed by atoms with Crippen LogP contribution in [0.1, 0.15) is 48.1 Å². The summed E-state index contributed by atoms with van der Waals surface area (Å²) in [7, 11) is -3.87. The fraction of sp³-hybridized carbons (Fsp3) is 0.368. The van der Waals surface area contributed by atoms with Gasteiger partial charge in [0.05, 0.1) is 16.4 Å². The summed E-state index contributed by atoms with van der Waals surface area (Å²) < 4.78 is 27.8. The van der Waals surface area contributed by atoms with Gasteiger partial charge in [0.2, 0.25) is 10.0 Å². The van der Waals surface area contributed by atoms with Crippen LogP contribution in [0.25, 0.3) is 0 Å². The largest absolute Gasteiger partial charge is 0.320 e. The molecule has 0 fully saturated rings. The first-order valence-electron chi connectivity index (χ1n) is 8.40. The summed E-state index contributed by atoms with van der Waals surface area (Å²) in [5.74, 6) is -0.435.